The number of carbonyl (C=O) groups excluding carboxylic acids is 2. The first-order chi connectivity index (χ1) is 13.1. The molecule has 1 fully saturated rings. The Kier molecular flexibility index (Phi) is 6.39. The molecule has 2 amide bonds. The molecular formula is C19H22BrN3O4. The molecule has 1 saturated heterocycles. The standard InChI is InChI=1S/C19H22BrN3O4/c1-26-15-5-3-14(4-6-15)22-9-2-10-23(12-11-22)18(24)13-21-19(25)16-7-8-17(20)27-16/h3-8H,2,9-13H2,1H3,(H,21,25). The quantitative estimate of drug-likeness (QED) is 0.780. The summed E-state index contributed by atoms with van der Waals surface area (Å²) in [4.78, 5) is 28.5. The van der Waals surface area contributed by atoms with Gasteiger partial charge in [0, 0.05) is 31.9 Å². The lowest BCUT2D eigenvalue weighted by Crippen LogP contribution is -2.42. The van der Waals surface area contributed by atoms with Gasteiger partial charge in [0.25, 0.3) is 5.91 Å². The summed E-state index contributed by atoms with van der Waals surface area (Å²) in [6, 6.07) is 11.1. The number of methoxy groups -OCH3 is 1. The maximum atomic E-state index is 12.5. The summed E-state index contributed by atoms with van der Waals surface area (Å²) in [5.41, 5.74) is 1.11. The molecule has 0 saturated carbocycles. The van der Waals surface area contributed by atoms with E-state index in [-0.39, 0.29) is 18.2 Å². The largest absolute Gasteiger partial charge is 0.497 e. The fourth-order valence-electron chi connectivity index (χ4n) is 3.01. The average Bonchev–Trinajstić information content (AvgIpc) is 2.98. The Morgan fingerprint density at radius 1 is 1.11 bits per heavy atom. The van der Waals surface area contributed by atoms with Crippen LogP contribution in [-0.2, 0) is 4.79 Å². The second-order valence-corrected chi connectivity index (χ2v) is 6.99. The second-order valence-electron chi connectivity index (χ2n) is 6.21. The minimum absolute atomic E-state index is 0.0420. The molecule has 0 unspecified atom stereocenters. The van der Waals surface area contributed by atoms with Crippen LogP contribution in [-0.4, -0.2) is 56.5 Å². The Morgan fingerprint density at radius 2 is 1.89 bits per heavy atom. The molecule has 0 aliphatic carbocycles. The molecule has 7 nitrogen and oxygen atoms in total. The van der Waals surface area contributed by atoms with E-state index < -0.39 is 5.91 Å². The van der Waals surface area contributed by atoms with Gasteiger partial charge in [-0.2, -0.15) is 0 Å². The maximum absolute atomic E-state index is 12.5. The summed E-state index contributed by atoms with van der Waals surface area (Å²) in [7, 11) is 1.65. The van der Waals surface area contributed by atoms with Crippen molar-refractivity contribution in [3.63, 3.8) is 0 Å². The van der Waals surface area contributed by atoms with E-state index in [0.717, 1.165) is 30.9 Å². The van der Waals surface area contributed by atoms with Crippen LogP contribution in [0.25, 0.3) is 0 Å². The van der Waals surface area contributed by atoms with E-state index in [1.807, 2.05) is 24.3 Å². The van der Waals surface area contributed by atoms with Crippen LogP contribution in [0.1, 0.15) is 17.0 Å². The Morgan fingerprint density at radius 3 is 2.56 bits per heavy atom. The maximum Gasteiger partial charge on any atom is 0.287 e. The molecule has 2 heterocycles. The van der Waals surface area contributed by atoms with Crippen molar-refractivity contribution >= 4 is 33.4 Å². The lowest BCUT2D eigenvalue weighted by atomic mass is 10.2. The molecule has 144 valence electrons. The number of furan rings is 1. The van der Waals surface area contributed by atoms with E-state index in [2.05, 4.69) is 26.1 Å². The van der Waals surface area contributed by atoms with Crippen LogP contribution in [0.4, 0.5) is 5.69 Å². The van der Waals surface area contributed by atoms with Crippen molar-refractivity contribution in [2.75, 3.05) is 44.7 Å². The summed E-state index contributed by atoms with van der Waals surface area (Å²) in [6.07, 6.45) is 0.872. The van der Waals surface area contributed by atoms with Gasteiger partial charge >= 0.3 is 0 Å². The number of halogens is 1. The van der Waals surface area contributed by atoms with Crippen molar-refractivity contribution in [1.82, 2.24) is 10.2 Å². The van der Waals surface area contributed by atoms with Gasteiger partial charge in [0.15, 0.2) is 10.4 Å². The van der Waals surface area contributed by atoms with Gasteiger partial charge in [-0.3, -0.25) is 9.59 Å². The van der Waals surface area contributed by atoms with Gasteiger partial charge in [-0.05, 0) is 58.7 Å². The number of nitrogens with zero attached hydrogens (tertiary/aromatic N) is 2. The predicted molar refractivity (Wildman–Crippen MR) is 105 cm³/mol. The van der Waals surface area contributed by atoms with Gasteiger partial charge in [-0.15, -0.1) is 0 Å². The first kappa shape index (κ1) is 19.3. The van der Waals surface area contributed by atoms with Crippen molar-refractivity contribution in [3.05, 3.63) is 46.8 Å². The fraction of sp³-hybridized carbons (Fsp3) is 0.368. The zero-order valence-corrected chi connectivity index (χ0v) is 16.7. The van der Waals surface area contributed by atoms with Gasteiger partial charge in [0.1, 0.15) is 5.75 Å². The fourth-order valence-corrected chi connectivity index (χ4v) is 3.32. The molecule has 0 atom stereocenters. The Balaban J connectivity index is 1.50. The Labute approximate surface area is 166 Å². The van der Waals surface area contributed by atoms with Gasteiger partial charge < -0.3 is 24.3 Å². The first-order valence-corrected chi connectivity index (χ1v) is 9.56. The lowest BCUT2D eigenvalue weighted by molar-refractivity contribution is -0.129. The van der Waals surface area contributed by atoms with Crippen LogP contribution in [0.15, 0.2) is 45.5 Å². The minimum Gasteiger partial charge on any atom is -0.497 e. The molecule has 1 aromatic heterocycles. The van der Waals surface area contributed by atoms with E-state index >= 15 is 0 Å². The molecule has 0 radical (unpaired) electrons. The van der Waals surface area contributed by atoms with Crippen molar-refractivity contribution in [2.45, 2.75) is 6.42 Å². The van der Waals surface area contributed by atoms with Crippen LogP contribution in [0.2, 0.25) is 0 Å². The molecule has 1 N–H and O–H groups in total. The molecule has 8 heteroatoms. The molecule has 1 aliphatic heterocycles. The lowest BCUT2D eigenvalue weighted by Gasteiger charge is -2.24. The van der Waals surface area contributed by atoms with Gasteiger partial charge in [0.05, 0.1) is 13.7 Å². The molecule has 1 aliphatic rings. The van der Waals surface area contributed by atoms with Crippen LogP contribution >= 0.6 is 15.9 Å². The first-order valence-electron chi connectivity index (χ1n) is 8.77. The van der Waals surface area contributed by atoms with E-state index in [0.29, 0.717) is 17.8 Å². The number of nitrogens with one attached hydrogen (secondary N) is 1. The molecule has 2 aromatic rings. The van der Waals surface area contributed by atoms with Crippen molar-refractivity contribution in [3.8, 4) is 5.75 Å². The van der Waals surface area contributed by atoms with E-state index in [1.165, 1.54) is 0 Å². The molecule has 0 spiro atoms. The highest BCUT2D eigenvalue weighted by Crippen LogP contribution is 2.20. The minimum atomic E-state index is -0.399. The third kappa shape index (κ3) is 5.03. The summed E-state index contributed by atoms with van der Waals surface area (Å²) in [5.74, 6) is 0.509. The number of rotatable bonds is 5. The summed E-state index contributed by atoms with van der Waals surface area (Å²) in [6.45, 7) is 2.88. The van der Waals surface area contributed by atoms with Gasteiger partial charge in [-0.25, -0.2) is 0 Å². The smallest absolute Gasteiger partial charge is 0.287 e. The second kappa shape index (κ2) is 8.94. The van der Waals surface area contributed by atoms with Crippen molar-refractivity contribution in [1.29, 1.82) is 0 Å². The number of amides is 2. The third-order valence-electron chi connectivity index (χ3n) is 4.48. The van der Waals surface area contributed by atoms with Gasteiger partial charge in [-0.1, -0.05) is 0 Å². The number of anilines is 1. The topological polar surface area (TPSA) is 75.0 Å². The van der Waals surface area contributed by atoms with Crippen LogP contribution in [0, 0.1) is 0 Å². The highest BCUT2D eigenvalue weighted by molar-refractivity contribution is 9.10. The number of hydrogen-bond donors (Lipinski definition) is 1. The molecule has 1 aromatic carbocycles. The van der Waals surface area contributed by atoms with Crippen LogP contribution in [0.3, 0.4) is 0 Å². The summed E-state index contributed by atoms with van der Waals surface area (Å²) in [5, 5.41) is 2.61. The molecular weight excluding hydrogens is 414 g/mol. The normalized spacial score (nSPS) is 14.6. The van der Waals surface area contributed by atoms with E-state index in [9.17, 15) is 9.59 Å². The third-order valence-corrected chi connectivity index (χ3v) is 4.91. The summed E-state index contributed by atoms with van der Waals surface area (Å²) < 4.78 is 10.9. The highest BCUT2D eigenvalue weighted by Gasteiger charge is 2.20. The summed E-state index contributed by atoms with van der Waals surface area (Å²) >= 11 is 3.15. The predicted octanol–water partition coefficient (Wildman–Crippen LogP) is 2.52. The number of benzene rings is 1. The van der Waals surface area contributed by atoms with Crippen molar-refractivity contribution < 1.29 is 18.7 Å². The monoisotopic (exact) mass is 435 g/mol. The van der Waals surface area contributed by atoms with Crippen LogP contribution < -0.4 is 15.0 Å². The highest BCUT2D eigenvalue weighted by atomic mass is 79.9. The van der Waals surface area contributed by atoms with Gasteiger partial charge in [0.2, 0.25) is 5.91 Å². The van der Waals surface area contributed by atoms with Crippen molar-refractivity contribution in [2.24, 2.45) is 0 Å². The molecule has 3 rings (SSSR count). The Hall–Kier alpha value is -2.48. The van der Waals surface area contributed by atoms with E-state index in [1.54, 1.807) is 24.1 Å². The van der Waals surface area contributed by atoms with Crippen LogP contribution in [0.5, 0.6) is 5.75 Å². The number of ether oxygens (including phenoxy) is 1. The van der Waals surface area contributed by atoms with E-state index in [4.69, 9.17) is 9.15 Å². The molecule has 27 heavy (non-hydrogen) atoms. The Bertz CT molecular complexity index is 791. The average molecular weight is 436 g/mol. The molecule has 0 bridgehead atoms. The number of hydrogen-bond acceptors (Lipinski definition) is 5. The SMILES string of the molecule is COc1ccc(N2CCCN(C(=O)CNC(=O)c3ccc(Br)o3)CC2)cc1. The number of carbonyl (C=O) groups is 2. The zero-order chi connectivity index (χ0) is 19.2. The zero-order valence-electron chi connectivity index (χ0n) is 15.1.